The minimum atomic E-state index is -3.31. The molecule has 1 heterocycles. The second-order valence-corrected chi connectivity index (χ2v) is 8.66. The maximum Gasteiger partial charge on any atom is 0.243 e. The van der Waals surface area contributed by atoms with Gasteiger partial charge in [-0.2, -0.15) is 4.31 Å². The van der Waals surface area contributed by atoms with Crippen LogP contribution in [0.3, 0.4) is 0 Å². The van der Waals surface area contributed by atoms with Gasteiger partial charge in [0, 0.05) is 13.1 Å². The summed E-state index contributed by atoms with van der Waals surface area (Å²) in [4.78, 5) is 0.460. The number of benzene rings is 1. The van der Waals surface area contributed by atoms with Gasteiger partial charge >= 0.3 is 0 Å². The molecule has 0 aromatic heterocycles. The van der Waals surface area contributed by atoms with Crippen molar-refractivity contribution >= 4 is 10.0 Å². The molecule has 0 bridgehead atoms. The molecule has 2 fully saturated rings. The average Bonchev–Trinajstić information content (AvgIpc) is 2.74. The molecule has 0 amide bonds. The Morgan fingerprint density at radius 2 is 1.57 bits per heavy atom. The van der Waals surface area contributed by atoms with Gasteiger partial charge in [0.2, 0.25) is 10.0 Å². The molecule has 0 radical (unpaired) electrons. The first-order chi connectivity index (χ1) is 9.98. The van der Waals surface area contributed by atoms with Gasteiger partial charge in [0.1, 0.15) is 0 Å². The SMILES string of the molecule is Cc1ccc(S(=O)(=O)N2CC3CCCCCC3C2)cc1C. The van der Waals surface area contributed by atoms with Crippen LogP contribution in [0.25, 0.3) is 0 Å². The van der Waals surface area contributed by atoms with Crippen molar-refractivity contribution in [3.05, 3.63) is 29.3 Å². The third-order valence-electron chi connectivity index (χ3n) is 5.31. The lowest BCUT2D eigenvalue weighted by Gasteiger charge is -2.17. The third kappa shape index (κ3) is 2.88. The van der Waals surface area contributed by atoms with E-state index < -0.39 is 10.0 Å². The molecule has 3 nitrogen and oxygen atoms in total. The Hall–Kier alpha value is -0.870. The third-order valence-corrected chi connectivity index (χ3v) is 7.14. The smallest absolute Gasteiger partial charge is 0.207 e. The van der Waals surface area contributed by atoms with E-state index in [-0.39, 0.29) is 0 Å². The molecule has 1 aromatic rings. The quantitative estimate of drug-likeness (QED) is 0.838. The van der Waals surface area contributed by atoms with Crippen LogP contribution in [0.2, 0.25) is 0 Å². The predicted octanol–water partition coefficient (Wildman–Crippen LogP) is 3.50. The minimum absolute atomic E-state index is 0.460. The first-order valence-corrected chi connectivity index (χ1v) is 9.50. The first-order valence-electron chi connectivity index (χ1n) is 8.06. The van der Waals surface area contributed by atoms with E-state index in [0.717, 1.165) is 24.2 Å². The zero-order chi connectivity index (χ0) is 15.0. The van der Waals surface area contributed by atoms with Crippen molar-refractivity contribution < 1.29 is 8.42 Å². The predicted molar refractivity (Wildman–Crippen MR) is 84.7 cm³/mol. The molecule has 2 aliphatic rings. The Balaban J connectivity index is 1.84. The number of hydrogen-bond acceptors (Lipinski definition) is 2. The normalized spacial score (nSPS) is 27.3. The van der Waals surface area contributed by atoms with Gasteiger partial charge in [-0.25, -0.2) is 8.42 Å². The summed E-state index contributed by atoms with van der Waals surface area (Å²) < 4.78 is 27.4. The molecule has 1 saturated carbocycles. The van der Waals surface area contributed by atoms with Crippen molar-refractivity contribution in [1.29, 1.82) is 0 Å². The molecular formula is C17H25NO2S. The van der Waals surface area contributed by atoms with Crippen molar-refractivity contribution in [2.45, 2.75) is 50.8 Å². The van der Waals surface area contributed by atoms with E-state index in [2.05, 4.69) is 0 Å². The van der Waals surface area contributed by atoms with E-state index in [4.69, 9.17) is 0 Å². The van der Waals surface area contributed by atoms with Gasteiger partial charge in [0.25, 0.3) is 0 Å². The van der Waals surface area contributed by atoms with Crippen LogP contribution in [0, 0.1) is 25.7 Å². The standard InChI is InChI=1S/C17H25NO2S/c1-13-8-9-17(10-14(13)2)21(19,20)18-11-15-6-4-3-5-7-16(15)12-18/h8-10,15-16H,3-7,11-12H2,1-2H3. The molecule has 0 spiro atoms. The number of aryl methyl sites for hydroxylation is 2. The summed E-state index contributed by atoms with van der Waals surface area (Å²) >= 11 is 0. The summed E-state index contributed by atoms with van der Waals surface area (Å²) in [6.45, 7) is 5.43. The number of rotatable bonds is 2. The van der Waals surface area contributed by atoms with Crippen LogP contribution < -0.4 is 0 Å². The van der Waals surface area contributed by atoms with E-state index in [1.807, 2.05) is 26.0 Å². The summed E-state index contributed by atoms with van der Waals surface area (Å²) in [6.07, 6.45) is 6.24. The molecule has 4 heteroatoms. The van der Waals surface area contributed by atoms with E-state index in [9.17, 15) is 8.42 Å². The van der Waals surface area contributed by atoms with Crippen LogP contribution in [-0.2, 0) is 10.0 Å². The fourth-order valence-electron chi connectivity index (χ4n) is 3.76. The van der Waals surface area contributed by atoms with Gasteiger partial charge in [0.15, 0.2) is 0 Å². The summed E-state index contributed by atoms with van der Waals surface area (Å²) in [5.41, 5.74) is 2.19. The lowest BCUT2D eigenvalue weighted by molar-refractivity contribution is 0.397. The highest BCUT2D eigenvalue weighted by atomic mass is 32.2. The molecule has 1 aliphatic carbocycles. The summed E-state index contributed by atoms with van der Waals surface area (Å²) in [5, 5.41) is 0. The lowest BCUT2D eigenvalue weighted by Crippen LogP contribution is -2.29. The van der Waals surface area contributed by atoms with Gasteiger partial charge < -0.3 is 0 Å². The van der Waals surface area contributed by atoms with Crippen LogP contribution in [-0.4, -0.2) is 25.8 Å². The number of fused-ring (bicyclic) bond motifs is 1. The fourth-order valence-corrected chi connectivity index (χ4v) is 5.40. The van der Waals surface area contributed by atoms with Crippen LogP contribution >= 0.6 is 0 Å². The second-order valence-electron chi connectivity index (χ2n) is 6.73. The van der Waals surface area contributed by atoms with Crippen molar-refractivity contribution in [2.75, 3.05) is 13.1 Å². The molecule has 0 N–H and O–H groups in total. The maximum atomic E-state index is 12.9. The second kappa shape index (κ2) is 5.73. The van der Waals surface area contributed by atoms with Crippen LogP contribution in [0.5, 0.6) is 0 Å². The monoisotopic (exact) mass is 307 g/mol. The van der Waals surface area contributed by atoms with Gasteiger partial charge in [-0.15, -0.1) is 0 Å². The highest BCUT2D eigenvalue weighted by Gasteiger charge is 2.39. The number of sulfonamides is 1. The van der Waals surface area contributed by atoms with Crippen molar-refractivity contribution in [2.24, 2.45) is 11.8 Å². The maximum absolute atomic E-state index is 12.9. The average molecular weight is 307 g/mol. The van der Waals surface area contributed by atoms with E-state index in [1.165, 1.54) is 32.1 Å². The topological polar surface area (TPSA) is 37.4 Å². The summed E-state index contributed by atoms with van der Waals surface area (Å²) in [7, 11) is -3.31. The molecule has 2 unspecified atom stereocenters. The zero-order valence-corrected chi connectivity index (χ0v) is 13.8. The molecule has 1 aromatic carbocycles. The highest BCUT2D eigenvalue weighted by molar-refractivity contribution is 7.89. The fraction of sp³-hybridized carbons (Fsp3) is 0.647. The number of nitrogens with zero attached hydrogens (tertiary/aromatic N) is 1. The van der Waals surface area contributed by atoms with Gasteiger partial charge in [-0.05, 0) is 61.8 Å². The van der Waals surface area contributed by atoms with Gasteiger partial charge in [-0.1, -0.05) is 25.3 Å². The van der Waals surface area contributed by atoms with Crippen molar-refractivity contribution in [1.82, 2.24) is 4.31 Å². The van der Waals surface area contributed by atoms with Gasteiger partial charge in [-0.3, -0.25) is 0 Å². The Bertz CT molecular complexity index is 610. The molecule has 3 rings (SSSR count). The highest BCUT2D eigenvalue weighted by Crippen LogP contribution is 2.37. The minimum Gasteiger partial charge on any atom is -0.207 e. The molecule has 1 saturated heterocycles. The number of hydrogen-bond donors (Lipinski definition) is 0. The molecule has 21 heavy (non-hydrogen) atoms. The first kappa shape index (κ1) is 15.0. The van der Waals surface area contributed by atoms with E-state index in [0.29, 0.717) is 16.7 Å². The largest absolute Gasteiger partial charge is 0.243 e. The molecule has 2 atom stereocenters. The van der Waals surface area contributed by atoms with Crippen LogP contribution in [0.15, 0.2) is 23.1 Å². The van der Waals surface area contributed by atoms with E-state index >= 15 is 0 Å². The van der Waals surface area contributed by atoms with Crippen LogP contribution in [0.1, 0.15) is 43.2 Å². The Morgan fingerprint density at radius 1 is 0.952 bits per heavy atom. The van der Waals surface area contributed by atoms with E-state index in [1.54, 1.807) is 10.4 Å². The Morgan fingerprint density at radius 3 is 2.14 bits per heavy atom. The summed E-state index contributed by atoms with van der Waals surface area (Å²) in [5.74, 6) is 1.16. The Labute approximate surface area is 128 Å². The Kier molecular flexibility index (Phi) is 4.10. The lowest BCUT2D eigenvalue weighted by atomic mass is 9.92. The van der Waals surface area contributed by atoms with Crippen LogP contribution in [0.4, 0.5) is 0 Å². The van der Waals surface area contributed by atoms with Gasteiger partial charge in [0.05, 0.1) is 4.90 Å². The zero-order valence-electron chi connectivity index (χ0n) is 13.0. The molecular weight excluding hydrogens is 282 g/mol. The molecule has 116 valence electrons. The van der Waals surface area contributed by atoms with Crippen molar-refractivity contribution in [3.8, 4) is 0 Å². The summed E-state index contributed by atoms with van der Waals surface area (Å²) in [6, 6.07) is 5.49. The molecule has 1 aliphatic heterocycles. The van der Waals surface area contributed by atoms with Crippen molar-refractivity contribution in [3.63, 3.8) is 0 Å².